The van der Waals surface area contributed by atoms with Crippen LogP contribution in [-0.4, -0.2) is 24.2 Å². The Bertz CT molecular complexity index is 774. The Morgan fingerprint density at radius 3 is 2.71 bits per heavy atom. The zero-order valence-corrected chi connectivity index (χ0v) is 14.3. The maximum atomic E-state index is 12.3. The Hall–Kier alpha value is -2.47. The van der Waals surface area contributed by atoms with Gasteiger partial charge in [-0.2, -0.15) is 0 Å². The van der Waals surface area contributed by atoms with Gasteiger partial charge in [-0.05, 0) is 42.8 Å². The monoisotopic (exact) mass is 342 g/mol. The molecule has 0 fully saturated rings. The molecule has 124 valence electrons. The molecule has 2 aromatic rings. The summed E-state index contributed by atoms with van der Waals surface area (Å²) in [4.78, 5) is 25.1. The number of carbonyl (C=O) groups is 2. The van der Waals surface area contributed by atoms with E-state index in [-0.39, 0.29) is 17.1 Å². The molecule has 0 saturated carbocycles. The van der Waals surface area contributed by atoms with Gasteiger partial charge < -0.3 is 15.4 Å². The molecule has 2 aromatic carbocycles. The van der Waals surface area contributed by atoms with Gasteiger partial charge in [-0.3, -0.25) is 9.59 Å². The lowest BCUT2D eigenvalue weighted by Gasteiger charge is -2.21. The van der Waals surface area contributed by atoms with Gasteiger partial charge in [0, 0.05) is 17.0 Å². The molecule has 1 aliphatic rings. The van der Waals surface area contributed by atoms with E-state index in [1.807, 2.05) is 37.3 Å². The molecular weight excluding hydrogens is 324 g/mol. The van der Waals surface area contributed by atoms with Gasteiger partial charge in [-0.25, -0.2) is 0 Å². The van der Waals surface area contributed by atoms with Crippen LogP contribution in [0, 0.1) is 0 Å². The number of ether oxygens (including phenoxy) is 1. The van der Waals surface area contributed by atoms with Crippen LogP contribution in [0.3, 0.4) is 0 Å². The Morgan fingerprint density at radius 1 is 1.25 bits per heavy atom. The first-order valence-electron chi connectivity index (χ1n) is 7.59. The molecule has 1 atom stereocenters. The Labute approximate surface area is 144 Å². The molecule has 0 radical (unpaired) electrons. The van der Waals surface area contributed by atoms with Gasteiger partial charge in [0.05, 0.1) is 18.0 Å². The van der Waals surface area contributed by atoms with Crippen molar-refractivity contribution in [1.82, 2.24) is 5.32 Å². The molecule has 0 saturated heterocycles. The van der Waals surface area contributed by atoms with Crippen LogP contribution in [0.2, 0.25) is 0 Å². The minimum absolute atomic E-state index is 0.0386. The first-order chi connectivity index (χ1) is 11.6. The normalized spacial score (nSPS) is 16.1. The highest BCUT2D eigenvalue weighted by Gasteiger charge is 2.23. The summed E-state index contributed by atoms with van der Waals surface area (Å²) in [6.45, 7) is 2.29. The molecular formula is C18H18N2O3S. The van der Waals surface area contributed by atoms with Crippen molar-refractivity contribution in [2.75, 3.05) is 12.4 Å². The van der Waals surface area contributed by atoms with Gasteiger partial charge in [0.15, 0.2) is 0 Å². The number of fused-ring (bicyclic) bond motifs is 1. The van der Waals surface area contributed by atoms with Crippen LogP contribution in [0.5, 0.6) is 5.75 Å². The van der Waals surface area contributed by atoms with Crippen LogP contribution in [0.1, 0.15) is 22.8 Å². The maximum Gasteiger partial charge on any atom is 0.251 e. The zero-order valence-electron chi connectivity index (χ0n) is 13.5. The van der Waals surface area contributed by atoms with Gasteiger partial charge in [-0.1, -0.05) is 12.1 Å². The second kappa shape index (κ2) is 6.97. The van der Waals surface area contributed by atoms with Crippen LogP contribution in [0.15, 0.2) is 47.4 Å². The van der Waals surface area contributed by atoms with Crippen molar-refractivity contribution in [3.8, 4) is 5.75 Å². The third-order valence-electron chi connectivity index (χ3n) is 3.78. The summed E-state index contributed by atoms with van der Waals surface area (Å²) in [5, 5.41) is 5.60. The van der Waals surface area contributed by atoms with E-state index in [0.29, 0.717) is 17.8 Å². The number of hydrogen-bond donors (Lipinski definition) is 2. The summed E-state index contributed by atoms with van der Waals surface area (Å²) in [5.41, 5.74) is 2.21. The fourth-order valence-corrected chi connectivity index (χ4v) is 3.31. The second-order valence-corrected chi connectivity index (χ2v) is 6.87. The maximum absolute atomic E-state index is 12.3. The van der Waals surface area contributed by atoms with Crippen molar-refractivity contribution >= 4 is 29.3 Å². The third-order valence-corrected chi connectivity index (χ3v) is 4.96. The van der Waals surface area contributed by atoms with Crippen molar-refractivity contribution in [1.29, 1.82) is 0 Å². The highest BCUT2D eigenvalue weighted by atomic mass is 32.2. The van der Waals surface area contributed by atoms with Crippen LogP contribution in [0.25, 0.3) is 0 Å². The Kier molecular flexibility index (Phi) is 4.76. The van der Waals surface area contributed by atoms with Crippen LogP contribution in [0.4, 0.5) is 5.69 Å². The van der Waals surface area contributed by atoms with E-state index in [4.69, 9.17) is 4.74 Å². The van der Waals surface area contributed by atoms with E-state index in [1.54, 1.807) is 19.2 Å². The summed E-state index contributed by atoms with van der Waals surface area (Å²) < 4.78 is 5.11. The molecule has 24 heavy (non-hydrogen) atoms. The summed E-state index contributed by atoms with van der Waals surface area (Å²) in [5.74, 6) is 0.567. The van der Waals surface area contributed by atoms with Gasteiger partial charge in [0.2, 0.25) is 5.91 Å². The smallest absolute Gasteiger partial charge is 0.251 e. The summed E-state index contributed by atoms with van der Waals surface area (Å²) in [6, 6.07) is 12.9. The average molecular weight is 342 g/mol. The van der Waals surface area contributed by atoms with Gasteiger partial charge in [0.25, 0.3) is 5.91 Å². The highest BCUT2D eigenvalue weighted by Crippen LogP contribution is 2.35. The van der Waals surface area contributed by atoms with E-state index in [2.05, 4.69) is 10.6 Å². The van der Waals surface area contributed by atoms with Gasteiger partial charge in [-0.15, -0.1) is 11.8 Å². The minimum atomic E-state index is -0.175. The SMILES string of the molecule is COc1ccc(CNC(=O)c2ccc3c(c2)NC(=O)[C@H](C)S3)cc1. The lowest BCUT2D eigenvalue weighted by atomic mass is 10.1. The van der Waals surface area contributed by atoms with Gasteiger partial charge >= 0.3 is 0 Å². The second-order valence-electron chi connectivity index (χ2n) is 5.49. The fraction of sp³-hybridized carbons (Fsp3) is 0.222. The molecule has 6 heteroatoms. The van der Waals surface area contributed by atoms with Crippen LogP contribution < -0.4 is 15.4 Å². The molecule has 0 aromatic heterocycles. The van der Waals surface area contributed by atoms with Crippen molar-refractivity contribution in [3.63, 3.8) is 0 Å². The molecule has 0 bridgehead atoms. The van der Waals surface area contributed by atoms with Crippen LogP contribution >= 0.6 is 11.8 Å². The number of anilines is 1. The predicted octanol–water partition coefficient (Wildman–Crippen LogP) is 3.06. The molecule has 3 rings (SSSR count). The fourth-order valence-electron chi connectivity index (χ4n) is 2.38. The largest absolute Gasteiger partial charge is 0.497 e. The summed E-state index contributed by atoms with van der Waals surface area (Å²) in [7, 11) is 1.62. The van der Waals surface area contributed by atoms with E-state index in [1.165, 1.54) is 11.8 Å². The predicted molar refractivity (Wildman–Crippen MR) is 94.6 cm³/mol. The van der Waals surface area contributed by atoms with E-state index >= 15 is 0 Å². The van der Waals surface area contributed by atoms with Gasteiger partial charge in [0.1, 0.15) is 5.75 Å². The van der Waals surface area contributed by atoms with Crippen molar-refractivity contribution in [2.45, 2.75) is 23.6 Å². The standard InChI is InChI=1S/C18H18N2O3S/c1-11-17(21)20-15-9-13(5-8-16(15)24-11)18(22)19-10-12-3-6-14(23-2)7-4-12/h3-9,11H,10H2,1-2H3,(H,19,22)(H,20,21)/t11-/m0/s1. The number of amides is 2. The average Bonchev–Trinajstić information content (AvgIpc) is 2.60. The number of benzene rings is 2. The number of rotatable bonds is 4. The minimum Gasteiger partial charge on any atom is -0.497 e. The molecule has 2 amide bonds. The highest BCUT2D eigenvalue weighted by molar-refractivity contribution is 8.00. The molecule has 5 nitrogen and oxygen atoms in total. The molecule has 1 aliphatic heterocycles. The van der Waals surface area contributed by atoms with E-state index < -0.39 is 0 Å². The number of nitrogens with one attached hydrogen (secondary N) is 2. The lowest BCUT2D eigenvalue weighted by Crippen LogP contribution is -2.27. The van der Waals surface area contributed by atoms with E-state index in [0.717, 1.165) is 16.2 Å². The molecule has 2 N–H and O–H groups in total. The topological polar surface area (TPSA) is 67.4 Å². The number of carbonyl (C=O) groups excluding carboxylic acids is 2. The lowest BCUT2D eigenvalue weighted by molar-refractivity contribution is -0.115. The summed E-state index contributed by atoms with van der Waals surface area (Å²) >= 11 is 1.50. The van der Waals surface area contributed by atoms with Crippen molar-refractivity contribution < 1.29 is 14.3 Å². The molecule has 0 spiro atoms. The molecule has 0 aliphatic carbocycles. The number of hydrogen-bond acceptors (Lipinski definition) is 4. The Balaban J connectivity index is 1.67. The van der Waals surface area contributed by atoms with Crippen molar-refractivity contribution in [3.05, 3.63) is 53.6 Å². The first kappa shape index (κ1) is 16.4. The third kappa shape index (κ3) is 3.54. The van der Waals surface area contributed by atoms with Crippen molar-refractivity contribution in [2.24, 2.45) is 0 Å². The summed E-state index contributed by atoms with van der Waals surface area (Å²) in [6.07, 6.45) is 0. The molecule has 0 unspecified atom stereocenters. The Morgan fingerprint density at radius 2 is 2.00 bits per heavy atom. The van der Waals surface area contributed by atoms with E-state index in [9.17, 15) is 9.59 Å². The molecule has 1 heterocycles. The number of thioether (sulfide) groups is 1. The quantitative estimate of drug-likeness (QED) is 0.896. The zero-order chi connectivity index (χ0) is 17.1. The first-order valence-corrected chi connectivity index (χ1v) is 8.47. The van der Waals surface area contributed by atoms with Crippen LogP contribution in [-0.2, 0) is 11.3 Å². The number of methoxy groups -OCH3 is 1.